The number of hydrogen-bond acceptors (Lipinski definition) is 3. The smallest absolute Gasteiger partial charge is 0.259 e. The van der Waals surface area contributed by atoms with Crippen LogP contribution in [0, 0.1) is 13.8 Å². The Morgan fingerprint density at radius 3 is 2.55 bits per heavy atom. The van der Waals surface area contributed by atoms with Gasteiger partial charge in [-0.25, -0.2) is 4.68 Å². The lowest BCUT2D eigenvalue weighted by atomic mass is 10.2. The summed E-state index contributed by atoms with van der Waals surface area (Å²) in [6.45, 7) is 3.58. The van der Waals surface area contributed by atoms with E-state index in [0.29, 0.717) is 27.8 Å². The normalized spacial score (nSPS) is 10.7. The molecule has 0 spiro atoms. The van der Waals surface area contributed by atoms with Crippen molar-refractivity contribution in [2.45, 2.75) is 13.8 Å². The lowest BCUT2D eigenvalue weighted by Crippen LogP contribution is -2.12. The molecule has 0 saturated heterocycles. The van der Waals surface area contributed by atoms with Crippen molar-refractivity contribution in [1.29, 1.82) is 0 Å². The van der Waals surface area contributed by atoms with Gasteiger partial charge in [-0.05, 0) is 44.2 Å². The quantitative estimate of drug-likeness (QED) is 0.795. The molecule has 0 atom stereocenters. The fourth-order valence-corrected chi connectivity index (χ4v) is 2.33. The number of aryl methyl sites for hydroxylation is 2. The molecular formula is C16H14ClN3O2. The van der Waals surface area contributed by atoms with Gasteiger partial charge in [0.2, 0.25) is 0 Å². The third kappa shape index (κ3) is 2.89. The Morgan fingerprint density at radius 2 is 2.00 bits per heavy atom. The van der Waals surface area contributed by atoms with Crippen molar-refractivity contribution in [1.82, 2.24) is 9.78 Å². The molecule has 22 heavy (non-hydrogen) atoms. The highest BCUT2D eigenvalue weighted by molar-refractivity contribution is 6.30. The van der Waals surface area contributed by atoms with Gasteiger partial charge in [-0.3, -0.25) is 4.79 Å². The molecule has 0 aliphatic rings. The van der Waals surface area contributed by atoms with E-state index in [1.807, 2.05) is 31.2 Å². The first-order valence-corrected chi connectivity index (χ1v) is 7.10. The van der Waals surface area contributed by atoms with Gasteiger partial charge in [0.15, 0.2) is 0 Å². The lowest BCUT2D eigenvalue weighted by molar-refractivity contribution is 0.102. The van der Waals surface area contributed by atoms with Crippen LogP contribution in [-0.4, -0.2) is 15.7 Å². The summed E-state index contributed by atoms with van der Waals surface area (Å²) in [5, 5.41) is 7.54. The van der Waals surface area contributed by atoms with E-state index in [-0.39, 0.29) is 5.91 Å². The summed E-state index contributed by atoms with van der Waals surface area (Å²) in [6, 6.07) is 9.06. The van der Waals surface area contributed by atoms with Gasteiger partial charge in [-0.2, -0.15) is 5.10 Å². The molecule has 1 amide bonds. The van der Waals surface area contributed by atoms with Crippen LogP contribution in [0.25, 0.3) is 5.69 Å². The second-order valence-corrected chi connectivity index (χ2v) is 5.37. The number of rotatable bonds is 3. The van der Waals surface area contributed by atoms with Gasteiger partial charge in [0.1, 0.15) is 11.5 Å². The molecule has 0 saturated carbocycles. The number of halogens is 1. The van der Waals surface area contributed by atoms with E-state index in [1.54, 1.807) is 30.1 Å². The van der Waals surface area contributed by atoms with E-state index in [9.17, 15) is 4.79 Å². The van der Waals surface area contributed by atoms with Crippen LogP contribution in [0.2, 0.25) is 5.02 Å². The highest BCUT2D eigenvalue weighted by atomic mass is 35.5. The molecule has 0 aliphatic carbocycles. The van der Waals surface area contributed by atoms with E-state index in [4.69, 9.17) is 16.0 Å². The van der Waals surface area contributed by atoms with Gasteiger partial charge in [0.25, 0.3) is 5.91 Å². The number of nitrogens with zero attached hydrogens (tertiary/aromatic N) is 2. The number of anilines is 1. The first-order chi connectivity index (χ1) is 10.5. The average molecular weight is 316 g/mol. The Morgan fingerprint density at radius 1 is 1.27 bits per heavy atom. The van der Waals surface area contributed by atoms with E-state index in [2.05, 4.69) is 10.4 Å². The maximum atomic E-state index is 12.2. The number of hydrogen-bond donors (Lipinski definition) is 1. The first kappa shape index (κ1) is 14.4. The predicted octanol–water partition coefficient (Wildman–Crippen LogP) is 3.99. The number of aromatic nitrogens is 2. The number of carbonyl (C=O) groups is 1. The largest absolute Gasteiger partial charge is 0.466 e. The Labute approximate surface area is 132 Å². The zero-order valence-electron chi connectivity index (χ0n) is 12.1. The molecule has 3 aromatic rings. The Balaban J connectivity index is 1.76. The molecule has 2 heterocycles. The molecule has 0 bridgehead atoms. The maximum absolute atomic E-state index is 12.2. The second-order valence-electron chi connectivity index (χ2n) is 4.93. The third-order valence-corrected chi connectivity index (χ3v) is 3.42. The fourth-order valence-electron chi connectivity index (χ4n) is 2.19. The number of nitrogens with one attached hydrogen (secondary N) is 1. The molecule has 3 rings (SSSR count). The van der Waals surface area contributed by atoms with Gasteiger partial charge in [-0.1, -0.05) is 11.6 Å². The summed E-state index contributed by atoms with van der Waals surface area (Å²) in [5.74, 6) is 1.13. The van der Waals surface area contributed by atoms with Crippen LogP contribution >= 0.6 is 11.6 Å². The van der Waals surface area contributed by atoms with Crippen molar-refractivity contribution in [3.63, 3.8) is 0 Å². The topological polar surface area (TPSA) is 60.1 Å². The molecule has 5 nitrogen and oxygen atoms in total. The van der Waals surface area contributed by atoms with Crippen LogP contribution in [0.15, 0.2) is 47.1 Å². The predicted molar refractivity (Wildman–Crippen MR) is 84.7 cm³/mol. The zero-order chi connectivity index (χ0) is 15.7. The number of furan rings is 1. The molecule has 0 radical (unpaired) electrons. The van der Waals surface area contributed by atoms with E-state index in [1.165, 1.54) is 0 Å². The van der Waals surface area contributed by atoms with Crippen molar-refractivity contribution in [2.24, 2.45) is 0 Å². The van der Waals surface area contributed by atoms with Gasteiger partial charge < -0.3 is 9.73 Å². The molecule has 6 heteroatoms. The molecular weight excluding hydrogens is 302 g/mol. The fraction of sp³-hybridized carbons (Fsp3) is 0.125. The summed E-state index contributed by atoms with van der Waals surface area (Å²) in [6.07, 6.45) is 3.29. The molecule has 1 aromatic carbocycles. The maximum Gasteiger partial charge on any atom is 0.259 e. The zero-order valence-corrected chi connectivity index (χ0v) is 12.9. The van der Waals surface area contributed by atoms with Crippen LogP contribution < -0.4 is 5.32 Å². The number of carbonyl (C=O) groups excluding carboxylic acids is 1. The second kappa shape index (κ2) is 5.69. The highest BCUT2D eigenvalue weighted by Crippen LogP contribution is 2.18. The Hall–Kier alpha value is -2.53. The van der Waals surface area contributed by atoms with Crippen molar-refractivity contribution in [2.75, 3.05) is 5.32 Å². The van der Waals surface area contributed by atoms with Gasteiger partial charge in [0.05, 0.1) is 22.5 Å². The van der Waals surface area contributed by atoms with Crippen LogP contribution in [0.1, 0.15) is 21.9 Å². The molecule has 0 unspecified atom stereocenters. The van der Waals surface area contributed by atoms with Crippen molar-refractivity contribution < 1.29 is 9.21 Å². The Bertz CT molecular complexity index is 818. The van der Waals surface area contributed by atoms with Crippen LogP contribution in [0.4, 0.5) is 5.69 Å². The lowest BCUT2D eigenvalue weighted by Gasteiger charge is -2.06. The summed E-state index contributed by atoms with van der Waals surface area (Å²) in [7, 11) is 0. The van der Waals surface area contributed by atoms with E-state index < -0.39 is 0 Å². The van der Waals surface area contributed by atoms with Crippen molar-refractivity contribution in [3.8, 4) is 5.69 Å². The van der Waals surface area contributed by atoms with Gasteiger partial charge >= 0.3 is 0 Å². The minimum Gasteiger partial charge on any atom is -0.466 e. The SMILES string of the molecule is Cc1cc(C(=O)Nc2ccc(-n3cc(Cl)cn3)cc2)c(C)o1. The number of amides is 1. The number of benzene rings is 1. The van der Waals surface area contributed by atoms with Crippen molar-refractivity contribution in [3.05, 3.63) is 64.8 Å². The summed E-state index contributed by atoms with van der Waals surface area (Å²) < 4.78 is 7.03. The minimum absolute atomic E-state index is 0.191. The summed E-state index contributed by atoms with van der Waals surface area (Å²) in [4.78, 5) is 12.2. The van der Waals surface area contributed by atoms with Gasteiger partial charge in [-0.15, -0.1) is 0 Å². The standard InChI is InChI=1S/C16H14ClN3O2/c1-10-7-15(11(2)22-10)16(21)19-13-3-5-14(6-4-13)20-9-12(17)8-18-20/h3-9H,1-2H3,(H,19,21). The minimum atomic E-state index is -0.191. The monoisotopic (exact) mass is 315 g/mol. The molecule has 112 valence electrons. The van der Waals surface area contributed by atoms with E-state index >= 15 is 0 Å². The molecule has 0 fully saturated rings. The summed E-state index contributed by atoms with van der Waals surface area (Å²) >= 11 is 5.85. The van der Waals surface area contributed by atoms with Gasteiger partial charge in [0, 0.05) is 11.9 Å². The third-order valence-electron chi connectivity index (χ3n) is 3.23. The molecule has 1 N–H and O–H groups in total. The average Bonchev–Trinajstić information content (AvgIpc) is 3.05. The highest BCUT2D eigenvalue weighted by Gasteiger charge is 2.13. The summed E-state index contributed by atoms with van der Waals surface area (Å²) in [5.41, 5.74) is 2.10. The van der Waals surface area contributed by atoms with Crippen LogP contribution in [0.3, 0.4) is 0 Å². The first-order valence-electron chi connectivity index (χ1n) is 6.72. The Kier molecular flexibility index (Phi) is 3.73. The van der Waals surface area contributed by atoms with E-state index in [0.717, 1.165) is 5.69 Å². The van der Waals surface area contributed by atoms with Crippen LogP contribution in [0.5, 0.6) is 0 Å². The molecule has 2 aromatic heterocycles. The van der Waals surface area contributed by atoms with Crippen molar-refractivity contribution >= 4 is 23.2 Å². The molecule has 0 aliphatic heterocycles. The van der Waals surface area contributed by atoms with Crippen LogP contribution in [-0.2, 0) is 0 Å².